The van der Waals surface area contributed by atoms with Crippen molar-refractivity contribution in [2.75, 3.05) is 0 Å². The third-order valence-corrected chi connectivity index (χ3v) is 2.32. The maximum absolute atomic E-state index is 2.35. The van der Waals surface area contributed by atoms with Gasteiger partial charge >= 0.3 is 0 Å². The van der Waals surface area contributed by atoms with Gasteiger partial charge in [0.2, 0.25) is 0 Å². The Bertz CT molecular complexity index is 112. The van der Waals surface area contributed by atoms with Gasteiger partial charge in [0.05, 0.1) is 0 Å². The summed E-state index contributed by atoms with van der Waals surface area (Å²) in [7, 11) is 2.08. The van der Waals surface area contributed by atoms with Gasteiger partial charge in [0.1, 0.15) is 0 Å². The highest BCUT2D eigenvalue weighted by atomic mass is 28.1. The van der Waals surface area contributed by atoms with Crippen molar-refractivity contribution in [1.29, 1.82) is 0 Å². The van der Waals surface area contributed by atoms with Gasteiger partial charge in [-0.3, -0.25) is 0 Å². The Morgan fingerprint density at radius 3 is 2.45 bits per heavy atom. The van der Waals surface area contributed by atoms with Crippen LogP contribution in [0.3, 0.4) is 0 Å². The molecule has 1 atom stereocenters. The largest absolute Gasteiger partial charge is 0.0859 e. The van der Waals surface area contributed by atoms with E-state index in [0.29, 0.717) is 0 Å². The summed E-state index contributed by atoms with van der Waals surface area (Å²) in [5, 5.41) is 0. The molecule has 11 heavy (non-hydrogen) atoms. The molecule has 1 heteroatoms. The fourth-order valence-corrected chi connectivity index (χ4v) is 1.85. The Kier molecular flexibility index (Phi) is 6.63. The van der Waals surface area contributed by atoms with Crippen LogP contribution in [0.25, 0.3) is 0 Å². The van der Waals surface area contributed by atoms with Crippen molar-refractivity contribution in [3.8, 4) is 0 Å². The Morgan fingerprint density at radius 1 is 1.36 bits per heavy atom. The van der Waals surface area contributed by atoms with E-state index in [2.05, 4.69) is 37.1 Å². The van der Waals surface area contributed by atoms with E-state index in [1.165, 1.54) is 30.9 Å². The molecule has 0 amide bonds. The van der Waals surface area contributed by atoms with Crippen LogP contribution in [0.1, 0.15) is 40.0 Å². The molecule has 0 aliphatic rings. The summed E-state index contributed by atoms with van der Waals surface area (Å²) < 4.78 is 0. The molecule has 0 saturated heterocycles. The van der Waals surface area contributed by atoms with Crippen LogP contribution in [0, 0.1) is 5.92 Å². The van der Waals surface area contributed by atoms with Gasteiger partial charge in [0.15, 0.2) is 0 Å². The lowest BCUT2D eigenvalue weighted by Crippen LogP contribution is -1.92. The van der Waals surface area contributed by atoms with E-state index in [-0.39, 0.29) is 0 Å². The fraction of sp³-hybridized carbons (Fsp3) is 0.800. The summed E-state index contributed by atoms with van der Waals surface area (Å²) in [6.45, 7) is 6.70. The number of hydrogen-bond acceptors (Lipinski definition) is 0. The van der Waals surface area contributed by atoms with Crippen LogP contribution in [-0.4, -0.2) is 10.2 Å². The second kappa shape index (κ2) is 6.65. The zero-order valence-electron chi connectivity index (χ0n) is 8.19. The normalized spacial score (nSPS) is 12.7. The Morgan fingerprint density at radius 2 is 2.00 bits per heavy atom. The molecule has 0 spiro atoms. The van der Waals surface area contributed by atoms with E-state index in [4.69, 9.17) is 0 Å². The first-order valence-electron chi connectivity index (χ1n) is 4.59. The minimum absolute atomic E-state index is 0.920. The molecule has 0 nitrogen and oxygen atoms in total. The van der Waals surface area contributed by atoms with E-state index >= 15 is 0 Å². The molecule has 0 aliphatic heterocycles. The molecular weight excluding hydrogens is 148 g/mol. The lowest BCUT2D eigenvalue weighted by atomic mass is 10.0. The van der Waals surface area contributed by atoms with Gasteiger partial charge in [0.25, 0.3) is 0 Å². The van der Waals surface area contributed by atoms with Crippen LogP contribution in [0.5, 0.6) is 0 Å². The van der Waals surface area contributed by atoms with E-state index in [1.54, 1.807) is 0 Å². The number of rotatable bonds is 5. The molecule has 0 aliphatic carbocycles. The quantitative estimate of drug-likeness (QED) is 0.438. The molecule has 0 N–H and O–H groups in total. The van der Waals surface area contributed by atoms with Crippen molar-refractivity contribution in [3.05, 3.63) is 11.6 Å². The Hall–Kier alpha value is -0.0431. The predicted octanol–water partition coefficient (Wildman–Crippen LogP) is 2.81. The predicted molar refractivity (Wildman–Crippen MR) is 55.8 cm³/mol. The number of allylic oxidation sites excluding steroid dienone is 2. The van der Waals surface area contributed by atoms with Gasteiger partial charge < -0.3 is 0 Å². The molecule has 0 aromatic heterocycles. The van der Waals surface area contributed by atoms with Crippen LogP contribution in [0.15, 0.2) is 11.6 Å². The molecule has 1 radical (unpaired) electrons. The van der Waals surface area contributed by atoms with Crippen molar-refractivity contribution >= 4 is 10.2 Å². The summed E-state index contributed by atoms with van der Waals surface area (Å²) in [5.41, 5.74) is 1.45. The van der Waals surface area contributed by atoms with E-state index in [1.807, 2.05) is 0 Å². The van der Waals surface area contributed by atoms with Crippen LogP contribution >= 0.6 is 0 Å². The molecule has 0 aromatic rings. The third-order valence-electron chi connectivity index (χ3n) is 1.91. The van der Waals surface area contributed by atoms with Crippen molar-refractivity contribution in [3.63, 3.8) is 0 Å². The fourth-order valence-electron chi connectivity index (χ4n) is 1.15. The minimum atomic E-state index is 0.920. The van der Waals surface area contributed by atoms with Crippen LogP contribution in [0.4, 0.5) is 0 Å². The van der Waals surface area contributed by atoms with Crippen LogP contribution in [0.2, 0.25) is 6.04 Å². The van der Waals surface area contributed by atoms with Crippen LogP contribution in [-0.2, 0) is 0 Å². The zero-order chi connectivity index (χ0) is 8.69. The second-order valence-corrected chi connectivity index (χ2v) is 4.31. The topological polar surface area (TPSA) is 0 Å². The van der Waals surface area contributed by atoms with Crippen molar-refractivity contribution in [2.24, 2.45) is 5.92 Å². The van der Waals surface area contributed by atoms with E-state index in [9.17, 15) is 0 Å². The summed E-state index contributed by atoms with van der Waals surface area (Å²) >= 11 is 0. The molecule has 0 fully saturated rings. The molecule has 1 unspecified atom stereocenters. The lowest BCUT2D eigenvalue weighted by molar-refractivity contribution is 0.521. The summed E-state index contributed by atoms with van der Waals surface area (Å²) in [5.74, 6) is 0.920. The highest BCUT2D eigenvalue weighted by molar-refractivity contribution is 6.08. The van der Waals surface area contributed by atoms with Gasteiger partial charge in [-0.1, -0.05) is 31.0 Å². The standard InChI is InChI=1S/C10H21Si/c1-9(2)5-4-6-10(3)7-8-11/h5,10H,4,6-8,11H2,1-3H3. The molecule has 0 saturated carbocycles. The first kappa shape index (κ1) is 11.0. The lowest BCUT2D eigenvalue weighted by Gasteiger charge is -2.06. The van der Waals surface area contributed by atoms with Crippen molar-refractivity contribution in [2.45, 2.75) is 46.1 Å². The smallest absolute Gasteiger partial charge is 0.00798 e. The third kappa shape index (κ3) is 7.86. The first-order valence-corrected chi connectivity index (χ1v) is 5.59. The zero-order valence-corrected chi connectivity index (χ0v) is 9.60. The average molecular weight is 169 g/mol. The van der Waals surface area contributed by atoms with Gasteiger partial charge in [-0.15, -0.1) is 0 Å². The average Bonchev–Trinajstić information content (AvgIpc) is 1.87. The van der Waals surface area contributed by atoms with Crippen LogP contribution < -0.4 is 0 Å². The van der Waals surface area contributed by atoms with Crippen molar-refractivity contribution in [1.82, 2.24) is 0 Å². The molecule has 0 aromatic carbocycles. The van der Waals surface area contributed by atoms with Gasteiger partial charge in [0, 0.05) is 10.2 Å². The SMILES string of the molecule is CC(C)=CCCC(C)CC[SiH2]. The molecule has 65 valence electrons. The van der Waals surface area contributed by atoms with Gasteiger partial charge in [-0.05, 0) is 32.6 Å². The summed E-state index contributed by atoms with van der Waals surface area (Å²) in [6, 6.07) is 1.36. The molecule has 0 rings (SSSR count). The highest BCUT2D eigenvalue weighted by Crippen LogP contribution is 2.12. The molecule has 0 bridgehead atoms. The molecular formula is C10H21Si. The Balaban J connectivity index is 3.31. The molecule has 0 heterocycles. The van der Waals surface area contributed by atoms with Gasteiger partial charge in [-0.25, -0.2) is 0 Å². The van der Waals surface area contributed by atoms with E-state index < -0.39 is 0 Å². The van der Waals surface area contributed by atoms with Gasteiger partial charge in [-0.2, -0.15) is 0 Å². The second-order valence-electron chi connectivity index (χ2n) is 3.61. The maximum Gasteiger partial charge on any atom is 0.00798 e. The van der Waals surface area contributed by atoms with E-state index in [0.717, 1.165) is 5.92 Å². The monoisotopic (exact) mass is 169 g/mol. The first-order chi connectivity index (χ1) is 5.16. The maximum atomic E-state index is 2.35. The summed E-state index contributed by atoms with van der Waals surface area (Å²) in [6.07, 6.45) is 6.37. The van der Waals surface area contributed by atoms with Crippen molar-refractivity contribution < 1.29 is 0 Å². The Labute approximate surface area is 74.5 Å². The number of hydrogen-bond donors (Lipinski definition) is 0. The highest BCUT2D eigenvalue weighted by Gasteiger charge is 1.97. The minimum Gasteiger partial charge on any atom is -0.0859 e. The summed E-state index contributed by atoms with van der Waals surface area (Å²) in [4.78, 5) is 0.